The van der Waals surface area contributed by atoms with Crippen LogP contribution in [-0.2, 0) is 29.8 Å². The summed E-state index contributed by atoms with van der Waals surface area (Å²) in [5.74, 6) is -3.52. The highest BCUT2D eigenvalue weighted by molar-refractivity contribution is 7.92. The van der Waals surface area contributed by atoms with Crippen molar-refractivity contribution in [1.29, 1.82) is 0 Å². The number of carboxylic acids is 1. The van der Waals surface area contributed by atoms with E-state index < -0.39 is 74.2 Å². The molecule has 5 rings (SSSR count). The zero-order valence-electron chi connectivity index (χ0n) is 23.6. The second-order valence-corrected chi connectivity index (χ2v) is 14.3. The number of carbonyl (C=O) groups is 2. The van der Waals surface area contributed by atoms with Crippen LogP contribution in [0.2, 0.25) is 0 Å². The fourth-order valence-electron chi connectivity index (χ4n) is 6.54. The van der Waals surface area contributed by atoms with Crippen molar-refractivity contribution in [2.75, 3.05) is 13.1 Å². The Hall–Kier alpha value is -3.23. The molecular weight excluding hydrogens is 638 g/mol. The molecule has 1 N–H and O–H groups in total. The van der Waals surface area contributed by atoms with Gasteiger partial charge in [-0.25, -0.2) is 17.2 Å². The summed E-state index contributed by atoms with van der Waals surface area (Å²) < 4.78 is 136. The second kappa shape index (κ2) is 11.2. The third-order valence-corrected chi connectivity index (χ3v) is 11.8. The van der Waals surface area contributed by atoms with Gasteiger partial charge in [-0.2, -0.15) is 26.3 Å². The van der Waals surface area contributed by atoms with Crippen molar-refractivity contribution >= 4 is 21.7 Å². The van der Waals surface area contributed by atoms with Gasteiger partial charge in [-0.1, -0.05) is 24.3 Å². The van der Waals surface area contributed by atoms with Crippen LogP contribution in [0.1, 0.15) is 67.6 Å². The standard InChI is InChI=1S/C30H29F8NO5S/c31-24-12-11-22(15-23(24)17-1-2-17)45(43,44)27(13-14-39(16-27)25(40)18-3-5-19(6-4-18)26(41)42)20-7-9-21(10-8-20)28(32,29(33,34)35)30(36,37)38/h7-12,15,17-19H,1-6,13-14,16H2,(H,41,42)/t18-,19-,27-/m0/s1. The quantitative estimate of drug-likeness (QED) is 0.260. The number of sulfone groups is 1. The van der Waals surface area contributed by atoms with Crippen LogP contribution in [0.3, 0.4) is 0 Å². The first kappa shape index (κ1) is 33.1. The van der Waals surface area contributed by atoms with Gasteiger partial charge >= 0.3 is 24.0 Å². The summed E-state index contributed by atoms with van der Waals surface area (Å²) in [6.45, 7) is -0.671. The molecule has 6 nitrogen and oxygen atoms in total. The lowest BCUT2D eigenvalue weighted by Crippen LogP contribution is -2.50. The van der Waals surface area contributed by atoms with Gasteiger partial charge in [0, 0.05) is 24.6 Å². The monoisotopic (exact) mass is 667 g/mol. The van der Waals surface area contributed by atoms with Crippen LogP contribution in [0.25, 0.3) is 0 Å². The number of benzene rings is 2. The molecule has 0 bridgehead atoms. The summed E-state index contributed by atoms with van der Waals surface area (Å²) in [7, 11) is -4.60. The number of rotatable bonds is 7. The zero-order chi connectivity index (χ0) is 33.2. The molecule has 1 heterocycles. The van der Waals surface area contributed by atoms with Gasteiger partial charge in [0.2, 0.25) is 5.91 Å². The van der Waals surface area contributed by atoms with Crippen LogP contribution in [0.15, 0.2) is 47.4 Å². The van der Waals surface area contributed by atoms with Crippen molar-refractivity contribution in [3.8, 4) is 0 Å². The highest BCUT2D eigenvalue weighted by Crippen LogP contribution is 2.54. The lowest BCUT2D eigenvalue weighted by molar-refractivity contribution is -0.348. The number of hydrogen-bond donors (Lipinski definition) is 1. The number of carboxylic acid groups (broad SMARTS) is 1. The summed E-state index contributed by atoms with van der Waals surface area (Å²) in [5.41, 5.74) is -7.63. The Balaban J connectivity index is 1.55. The van der Waals surface area contributed by atoms with Gasteiger partial charge in [-0.05, 0) is 80.2 Å². The number of amides is 1. The maximum atomic E-state index is 14.8. The molecule has 0 spiro atoms. The summed E-state index contributed by atoms with van der Waals surface area (Å²) in [6.07, 6.45) is -10.9. The van der Waals surface area contributed by atoms with Crippen molar-refractivity contribution < 1.29 is 58.2 Å². The maximum absolute atomic E-state index is 14.8. The molecule has 2 aliphatic carbocycles. The first-order valence-corrected chi connectivity index (χ1v) is 15.8. The average Bonchev–Trinajstić information content (AvgIpc) is 3.72. The van der Waals surface area contributed by atoms with E-state index in [-0.39, 0.29) is 72.7 Å². The Bertz CT molecular complexity index is 1560. The zero-order valence-corrected chi connectivity index (χ0v) is 24.4. The fraction of sp³-hybridized carbons (Fsp3) is 0.533. The summed E-state index contributed by atoms with van der Waals surface area (Å²) in [4.78, 5) is 25.7. The van der Waals surface area contributed by atoms with E-state index >= 15 is 0 Å². The van der Waals surface area contributed by atoms with Gasteiger partial charge < -0.3 is 10.0 Å². The first-order valence-electron chi connectivity index (χ1n) is 14.3. The summed E-state index contributed by atoms with van der Waals surface area (Å²) in [5, 5.41) is 9.27. The van der Waals surface area contributed by atoms with Crippen LogP contribution in [0.5, 0.6) is 0 Å². The van der Waals surface area contributed by atoms with E-state index in [4.69, 9.17) is 0 Å². The molecule has 15 heteroatoms. The highest BCUT2D eigenvalue weighted by Gasteiger charge is 2.73. The Morgan fingerprint density at radius 3 is 1.89 bits per heavy atom. The van der Waals surface area contributed by atoms with Crippen molar-refractivity contribution in [3.05, 3.63) is 65.0 Å². The molecule has 3 fully saturated rings. The number of halogens is 8. The van der Waals surface area contributed by atoms with E-state index in [1.165, 1.54) is 4.90 Å². The number of aliphatic carboxylic acids is 1. The Kier molecular flexibility index (Phi) is 8.27. The Morgan fingerprint density at radius 2 is 1.38 bits per heavy atom. The predicted molar refractivity (Wildman–Crippen MR) is 143 cm³/mol. The lowest BCUT2D eigenvalue weighted by Gasteiger charge is -2.33. The van der Waals surface area contributed by atoms with Crippen LogP contribution < -0.4 is 0 Å². The van der Waals surface area contributed by atoms with Gasteiger partial charge in [0.15, 0.2) is 9.84 Å². The summed E-state index contributed by atoms with van der Waals surface area (Å²) in [6, 6.07) is 5.02. The van der Waals surface area contributed by atoms with E-state index in [0.29, 0.717) is 25.0 Å². The second-order valence-electron chi connectivity index (χ2n) is 12.1. The largest absolute Gasteiger partial charge is 0.481 e. The minimum Gasteiger partial charge on any atom is -0.481 e. The van der Waals surface area contributed by atoms with Crippen molar-refractivity contribution in [3.63, 3.8) is 0 Å². The molecule has 1 amide bonds. The molecule has 2 aromatic carbocycles. The first-order chi connectivity index (χ1) is 20.8. The fourth-order valence-corrected chi connectivity index (χ4v) is 8.65. The lowest BCUT2D eigenvalue weighted by atomic mass is 9.81. The van der Waals surface area contributed by atoms with Crippen molar-refractivity contribution in [2.24, 2.45) is 11.8 Å². The number of hydrogen-bond acceptors (Lipinski definition) is 4. The molecule has 246 valence electrons. The van der Waals surface area contributed by atoms with Crippen molar-refractivity contribution in [1.82, 2.24) is 4.90 Å². The molecule has 1 aliphatic heterocycles. The van der Waals surface area contributed by atoms with Gasteiger partial charge in [0.1, 0.15) is 10.6 Å². The van der Waals surface area contributed by atoms with Crippen LogP contribution in [-0.4, -0.2) is 55.7 Å². The van der Waals surface area contributed by atoms with Crippen LogP contribution in [0.4, 0.5) is 35.1 Å². The van der Waals surface area contributed by atoms with Crippen LogP contribution >= 0.6 is 0 Å². The van der Waals surface area contributed by atoms with Gasteiger partial charge in [-0.15, -0.1) is 0 Å². The molecule has 45 heavy (non-hydrogen) atoms. The van der Waals surface area contributed by atoms with Gasteiger partial charge in [0.05, 0.1) is 10.8 Å². The average molecular weight is 668 g/mol. The molecule has 3 aliphatic rings. The third kappa shape index (κ3) is 5.58. The molecular formula is C30H29F8NO5S. The molecule has 2 aromatic rings. The molecule has 2 saturated carbocycles. The van der Waals surface area contributed by atoms with E-state index in [2.05, 4.69) is 0 Å². The van der Waals surface area contributed by atoms with Gasteiger partial charge in [0.25, 0.3) is 0 Å². The molecule has 0 unspecified atom stereocenters. The molecule has 1 atom stereocenters. The summed E-state index contributed by atoms with van der Waals surface area (Å²) >= 11 is 0. The van der Waals surface area contributed by atoms with Crippen molar-refractivity contribution in [2.45, 2.75) is 78.5 Å². The smallest absolute Gasteiger partial charge is 0.435 e. The number of nitrogens with zero attached hydrogens (tertiary/aromatic N) is 1. The normalized spacial score (nSPS) is 24.9. The van der Waals surface area contributed by atoms with E-state index in [9.17, 15) is 58.2 Å². The number of likely N-dealkylation sites (tertiary alicyclic amines) is 1. The van der Waals surface area contributed by atoms with E-state index in [0.717, 1.165) is 18.2 Å². The highest BCUT2D eigenvalue weighted by atomic mass is 32.2. The molecule has 0 aromatic heterocycles. The minimum atomic E-state index is -6.37. The van der Waals surface area contributed by atoms with E-state index in [1.54, 1.807) is 0 Å². The molecule has 1 saturated heterocycles. The minimum absolute atomic E-state index is 0.145. The predicted octanol–water partition coefficient (Wildman–Crippen LogP) is 6.79. The maximum Gasteiger partial charge on any atom is 0.435 e. The Morgan fingerprint density at radius 1 is 0.822 bits per heavy atom. The molecule has 0 radical (unpaired) electrons. The van der Waals surface area contributed by atoms with Crippen LogP contribution in [0, 0.1) is 17.7 Å². The third-order valence-electron chi connectivity index (χ3n) is 9.37. The Labute approximate surface area is 253 Å². The topological polar surface area (TPSA) is 91.8 Å². The SMILES string of the molecule is O=C(O)[C@H]1CC[C@H](C(=O)N2CC[C@](c3ccc(C(F)(C(F)(F)F)C(F)(F)F)cc3)(S(=O)(=O)c3ccc(F)c(C4CC4)c3)C2)CC1. The number of carbonyl (C=O) groups excluding carboxylic acids is 1. The van der Waals surface area contributed by atoms with E-state index in [1.807, 2.05) is 0 Å². The van der Waals surface area contributed by atoms with Gasteiger partial charge in [-0.3, -0.25) is 9.59 Å². The number of alkyl halides is 7.